The Bertz CT molecular complexity index is 938. The average molecular weight is 352 g/mol. The summed E-state index contributed by atoms with van der Waals surface area (Å²) >= 11 is 0. The minimum Gasteiger partial charge on any atom is -0.490 e. The number of carbonyl (C=O) groups is 1. The Labute approximate surface area is 149 Å². The molecule has 1 heterocycles. The normalized spacial score (nSPS) is 10.3. The molecule has 0 spiro atoms. The molecular weight excluding hydrogens is 336 g/mol. The Morgan fingerprint density at radius 3 is 2.77 bits per heavy atom. The van der Waals surface area contributed by atoms with Gasteiger partial charge in [-0.05, 0) is 29.8 Å². The summed E-state index contributed by atoms with van der Waals surface area (Å²) in [5.41, 5.74) is 1.40. The van der Waals surface area contributed by atoms with Gasteiger partial charge in [-0.1, -0.05) is 18.2 Å². The number of hydrogen-bond donors (Lipinski definition) is 1. The van der Waals surface area contributed by atoms with E-state index in [1.807, 2.05) is 24.4 Å². The Kier molecular flexibility index (Phi) is 4.93. The van der Waals surface area contributed by atoms with Gasteiger partial charge in [0.15, 0.2) is 5.75 Å². The third-order valence-electron chi connectivity index (χ3n) is 3.79. The number of amides is 1. The molecule has 3 rings (SSSR count). The molecule has 0 radical (unpaired) electrons. The zero-order valence-electron chi connectivity index (χ0n) is 14.0. The summed E-state index contributed by atoms with van der Waals surface area (Å²) in [7, 11) is 1.34. The number of nitro benzene ring substituents is 1. The number of hydrogen-bond acceptors (Lipinski definition) is 5. The van der Waals surface area contributed by atoms with E-state index in [4.69, 9.17) is 4.74 Å². The second kappa shape index (κ2) is 7.47. The van der Waals surface area contributed by atoms with Gasteiger partial charge in [-0.25, -0.2) is 0 Å². The zero-order valence-corrected chi connectivity index (χ0v) is 14.0. The van der Waals surface area contributed by atoms with E-state index in [-0.39, 0.29) is 17.0 Å². The number of nitrogens with one attached hydrogen (secondary N) is 1. The molecule has 0 aliphatic rings. The van der Waals surface area contributed by atoms with Gasteiger partial charge in [0, 0.05) is 29.7 Å². The SMILES string of the molecule is COc1ccc(C(=O)Nc2ccccc2Cn2cccn2)cc1[N+](=O)[O-]. The Hall–Kier alpha value is -3.68. The number of nitrogens with zero attached hydrogens (tertiary/aromatic N) is 3. The molecular formula is C18H16N4O4. The van der Waals surface area contributed by atoms with Gasteiger partial charge in [0.05, 0.1) is 18.6 Å². The number of benzene rings is 2. The van der Waals surface area contributed by atoms with Crippen molar-refractivity contribution in [3.8, 4) is 5.75 Å². The van der Waals surface area contributed by atoms with Gasteiger partial charge < -0.3 is 10.1 Å². The smallest absolute Gasteiger partial charge is 0.311 e. The molecule has 2 aromatic carbocycles. The molecule has 132 valence electrons. The summed E-state index contributed by atoms with van der Waals surface area (Å²) < 4.78 is 6.69. The van der Waals surface area contributed by atoms with Crippen molar-refractivity contribution in [2.45, 2.75) is 6.54 Å². The molecule has 26 heavy (non-hydrogen) atoms. The van der Waals surface area contributed by atoms with E-state index in [0.717, 1.165) is 5.56 Å². The van der Waals surface area contributed by atoms with E-state index >= 15 is 0 Å². The molecule has 0 saturated carbocycles. The molecule has 0 fully saturated rings. The van der Waals surface area contributed by atoms with Crippen LogP contribution >= 0.6 is 0 Å². The van der Waals surface area contributed by atoms with Crippen LogP contribution in [-0.4, -0.2) is 27.7 Å². The molecule has 8 nitrogen and oxygen atoms in total. The summed E-state index contributed by atoms with van der Waals surface area (Å²) in [4.78, 5) is 23.1. The van der Waals surface area contributed by atoms with Crippen LogP contribution in [-0.2, 0) is 6.54 Å². The van der Waals surface area contributed by atoms with Crippen LogP contribution in [0.5, 0.6) is 5.75 Å². The lowest BCUT2D eigenvalue weighted by molar-refractivity contribution is -0.385. The molecule has 0 saturated heterocycles. The Balaban J connectivity index is 1.85. The summed E-state index contributed by atoms with van der Waals surface area (Å²) in [6.45, 7) is 0.492. The first-order valence-electron chi connectivity index (χ1n) is 7.77. The highest BCUT2D eigenvalue weighted by Crippen LogP contribution is 2.28. The highest BCUT2D eigenvalue weighted by atomic mass is 16.6. The van der Waals surface area contributed by atoms with Crippen molar-refractivity contribution in [3.63, 3.8) is 0 Å². The largest absolute Gasteiger partial charge is 0.490 e. The topological polar surface area (TPSA) is 99.3 Å². The number of ether oxygens (including phenoxy) is 1. The van der Waals surface area contributed by atoms with Crippen LogP contribution in [0.4, 0.5) is 11.4 Å². The number of anilines is 1. The first kappa shape index (κ1) is 17.2. The van der Waals surface area contributed by atoms with Crippen molar-refractivity contribution < 1.29 is 14.5 Å². The molecule has 3 aromatic rings. The number of nitro groups is 1. The minimum absolute atomic E-state index is 0.102. The molecule has 0 aliphatic heterocycles. The van der Waals surface area contributed by atoms with E-state index < -0.39 is 10.8 Å². The van der Waals surface area contributed by atoms with Gasteiger partial charge >= 0.3 is 5.69 Å². The number of rotatable bonds is 6. The fraction of sp³-hybridized carbons (Fsp3) is 0.111. The monoisotopic (exact) mass is 352 g/mol. The van der Waals surface area contributed by atoms with Crippen LogP contribution in [0.2, 0.25) is 0 Å². The standard InChI is InChI=1S/C18H16N4O4/c1-26-17-8-7-13(11-16(17)22(24)25)18(23)20-15-6-3-2-5-14(15)12-21-10-4-9-19-21/h2-11H,12H2,1H3,(H,20,23). The highest BCUT2D eigenvalue weighted by Gasteiger charge is 2.18. The van der Waals surface area contributed by atoms with Crippen molar-refractivity contribution in [3.05, 3.63) is 82.2 Å². The first-order chi connectivity index (χ1) is 12.6. The minimum atomic E-state index is -0.582. The fourth-order valence-corrected chi connectivity index (χ4v) is 2.52. The number of methoxy groups -OCH3 is 1. The number of carbonyl (C=O) groups excluding carboxylic acids is 1. The lowest BCUT2D eigenvalue weighted by atomic mass is 10.1. The van der Waals surface area contributed by atoms with Gasteiger partial charge in [-0.2, -0.15) is 5.10 Å². The molecule has 1 amide bonds. The molecule has 0 atom stereocenters. The molecule has 1 aromatic heterocycles. The Morgan fingerprint density at radius 2 is 2.08 bits per heavy atom. The van der Waals surface area contributed by atoms with Crippen LogP contribution < -0.4 is 10.1 Å². The van der Waals surface area contributed by atoms with Gasteiger partial charge in [0.2, 0.25) is 0 Å². The van der Waals surface area contributed by atoms with Gasteiger partial charge in [0.25, 0.3) is 5.91 Å². The Morgan fingerprint density at radius 1 is 1.27 bits per heavy atom. The van der Waals surface area contributed by atoms with Gasteiger partial charge in [-0.3, -0.25) is 19.6 Å². The van der Waals surface area contributed by atoms with E-state index in [0.29, 0.717) is 12.2 Å². The third kappa shape index (κ3) is 3.69. The maximum atomic E-state index is 12.5. The molecule has 0 bridgehead atoms. The predicted octanol–water partition coefficient (Wildman–Crippen LogP) is 3.10. The summed E-state index contributed by atoms with van der Waals surface area (Å²) in [6.07, 6.45) is 3.50. The van der Waals surface area contributed by atoms with Gasteiger partial charge in [-0.15, -0.1) is 0 Å². The second-order valence-electron chi connectivity index (χ2n) is 5.46. The van der Waals surface area contributed by atoms with Crippen molar-refractivity contribution in [1.29, 1.82) is 0 Å². The van der Waals surface area contributed by atoms with Crippen LogP contribution in [0.3, 0.4) is 0 Å². The van der Waals surface area contributed by atoms with E-state index in [1.54, 1.807) is 23.0 Å². The maximum Gasteiger partial charge on any atom is 0.311 e. The van der Waals surface area contributed by atoms with Crippen molar-refractivity contribution >= 4 is 17.3 Å². The van der Waals surface area contributed by atoms with E-state index in [2.05, 4.69) is 10.4 Å². The van der Waals surface area contributed by atoms with Crippen molar-refractivity contribution in [2.24, 2.45) is 0 Å². The average Bonchev–Trinajstić information content (AvgIpc) is 3.15. The van der Waals surface area contributed by atoms with Gasteiger partial charge in [0.1, 0.15) is 0 Å². The summed E-state index contributed by atoms with van der Waals surface area (Å²) in [5.74, 6) is -0.339. The van der Waals surface area contributed by atoms with E-state index in [1.165, 1.54) is 25.3 Å². The third-order valence-corrected chi connectivity index (χ3v) is 3.79. The van der Waals surface area contributed by atoms with Crippen LogP contribution in [0, 0.1) is 10.1 Å². The molecule has 0 unspecified atom stereocenters. The summed E-state index contributed by atoms with van der Waals surface area (Å²) in [5, 5.41) is 18.1. The van der Waals surface area contributed by atoms with Crippen molar-refractivity contribution in [2.75, 3.05) is 12.4 Å². The fourth-order valence-electron chi connectivity index (χ4n) is 2.52. The van der Waals surface area contributed by atoms with E-state index in [9.17, 15) is 14.9 Å². The van der Waals surface area contributed by atoms with Crippen LogP contribution in [0.1, 0.15) is 15.9 Å². The number of para-hydroxylation sites is 1. The quantitative estimate of drug-likeness (QED) is 0.543. The number of aromatic nitrogens is 2. The van der Waals surface area contributed by atoms with Crippen molar-refractivity contribution in [1.82, 2.24) is 9.78 Å². The zero-order chi connectivity index (χ0) is 18.5. The molecule has 1 N–H and O–H groups in total. The highest BCUT2D eigenvalue weighted by molar-refractivity contribution is 6.05. The molecule has 8 heteroatoms. The lowest BCUT2D eigenvalue weighted by Gasteiger charge is -2.11. The predicted molar refractivity (Wildman–Crippen MR) is 95.4 cm³/mol. The first-order valence-corrected chi connectivity index (χ1v) is 7.77. The maximum absolute atomic E-state index is 12.5. The summed E-state index contributed by atoms with van der Waals surface area (Å²) in [6, 6.07) is 13.2. The van der Waals surface area contributed by atoms with Crippen LogP contribution in [0.25, 0.3) is 0 Å². The second-order valence-corrected chi connectivity index (χ2v) is 5.46. The molecule has 0 aliphatic carbocycles. The lowest BCUT2D eigenvalue weighted by Crippen LogP contribution is -2.14. The van der Waals surface area contributed by atoms with Crippen LogP contribution in [0.15, 0.2) is 60.9 Å².